The normalized spacial score (nSPS) is 23.3. The highest BCUT2D eigenvalue weighted by Crippen LogP contribution is 2.31. The number of fused-ring (bicyclic) bond motifs is 1. The van der Waals surface area contributed by atoms with Crippen LogP contribution < -0.4 is 0 Å². The summed E-state index contributed by atoms with van der Waals surface area (Å²) >= 11 is 8.88. The molecule has 0 radical (unpaired) electrons. The molecule has 2 aromatic heterocycles. The van der Waals surface area contributed by atoms with E-state index in [-0.39, 0.29) is 0 Å². The molecule has 0 aromatic carbocycles. The van der Waals surface area contributed by atoms with Crippen molar-refractivity contribution < 1.29 is 0 Å². The molecule has 0 aliphatic heterocycles. The van der Waals surface area contributed by atoms with Gasteiger partial charge in [-0.2, -0.15) is 0 Å². The monoisotopic (exact) mass is 353 g/mol. The number of halogens is 1. The number of rotatable bonds is 3. The fourth-order valence-electron chi connectivity index (χ4n) is 3.15. The molecule has 0 spiro atoms. The Bertz CT molecular complexity index is 653. The van der Waals surface area contributed by atoms with Crippen molar-refractivity contribution in [2.24, 2.45) is 11.8 Å². The van der Waals surface area contributed by atoms with Crippen molar-refractivity contribution in [2.75, 3.05) is 0 Å². The molecule has 3 rings (SSSR count). The number of imidazole rings is 1. The van der Waals surface area contributed by atoms with E-state index in [9.17, 15) is 0 Å². The van der Waals surface area contributed by atoms with Gasteiger partial charge in [-0.25, -0.2) is 4.98 Å². The molecular formula is C15H20BrN3S. The van der Waals surface area contributed by atoms with Crippen LogP contribution in [0.5, 0.6) is 0 Å². The number of pyridine rings is 1. The van der Waals surface area contributed by atoms with Crippen LogP contribution in [-0.4, -0.2) is 14.5 Å². The Morgan fingerprint density at radius 1 is 1.40 bits per heavy atom. The third-order valence-electron chi connectivity index (χ3n) is 4.47. The number of aryl methyl sites for hydroxylation is 1. The molecule has 5 heteroatoms. The Balaban J connectivity index is 1.74. The van der Waals surface area contributed by atoms with E-state index in [1.165, 1.54) is 32.1 Å². The Hall–Kier alpha value is -0.680. The van der Waals surface area contributed by atoms with Crippen molar-refractivity contribution in [1.29, 1.82) is 0 Å². The van der Waals surface area contributed by atoms with Gasteiger partial charge in [-0.15, -0.1) is 0 Å². The molecule has 0 unspecified atom stereocenters. The first kappa shape index (κ1) is 14.3. The van der Waals surface area contributed by atoms with E-state index in [0.29, 0.717) is 0 Å². The highest BCUT2D eigenvalue weighted by molar-refractivity contribution is 9.10. The number of aromatic amines is 1. The number of hydrogen-bond donors (Lipinski definition) is 1. The molecule has 0 amide bonds. The van der Waals surface area contributed by atoms with Crippen LogP contribution in [0.4, 0.5) is 0 Å². The fraction of sp³-hybridized carbons (Fsp3) is 0.600. The maximum atomic E-state index is 5.43. The SMILES string of the molecule is CC1CCC(CCn2c(=S)[nH]c3cc(Br)cnc32)CC1. The zero-order chi connectivity index (χ0) is 14.1. The highest BCUT2D eigenvalue weighted by atomic mass is 79.9. The van der Waals surface area contributed by atoms with Gasteiger partial charge in [-0.1, -0.05) is 32.6 Å². The summed E-state index contributed by atoms with van der Waals surface area (Å²) in [5.41, 5.74) is 1.99. The van der Waals surface area contributed by atoms with E-state index in [1.54, 1.807) is 0 Å². The largest absolute Gasteiger partial charge is 0.329 e. The predicted octanol–water partition coefficient (Wildman–Crippen LogP) is 5.07. The van der Waals surface area contributed by atoms with E-state index >= 15 is 0 Å². The quantitative estimate of drug-likeness (QED) is 0.781. The van der Waals surface area contributed by atoms with E-state index in [4.69, 9.17) is 12.2 Å². The molecule has 0 atom stereocenters. The summed E-state index contributed by atoms with van der Waals surface area (Å²) in [5.74, 6) is 1.77. The van der Waals surface area contributed by atoms with Crippen LogP contribution in [0.1, 0.15) is 39.0 Å². The average Bonchev–Trinajstić information content (AvgIpc) is 2.73. The molecule has 0 saturated heterocycles. The van der Waals surface area contributed by atoms with Gasteiger partial charge < -0.3 is 9.55 Å². The summed E-state index contributed by atoms with van der Waals surface area (Å²) in [5, 5.41) is 0. The molecule has 1 saturated carbocycles. The third kappa shape index (κ3) is 2.98. The number of nitrogens with zero attached hydrogens (tertiary/aromatic N) is 2. The Morgan fingerprint density at radius 2 is 2.15 bits per heavy atom. The maximum Gasteiger partial charge on any atom is 0.179 e. The smallest absolute Gasteiger partial charge is 0.179 e. The number of hydrogen-bond acceptors (Lipinski definition) is 2. The lowest BCUT2D eigenvalue weighted by molar-refractivity contribution is 0.269. The number of H-pyrrole nitrogens is 1. The van der Waals surface area contributed by atoms with Crippen LogP contribution >= 0.6 is 28.1 Å². The molecule has 1 N–H and O–H groups in total. The minimum atomic E-state index is 0.787. The van der Waals surface area contributed by atoms with Crippen molar-refractivity contribution in [2.45, 2.75) is 45.6 Å². The van der Waals surface area contributed by atoms with Crippen LogP contribution in [0.15, 0.2) is 16.7 Å². The van der Waals surface area contributed by atoms with Crippen molar-refractivity contribution in [1.82, 2.24) is 14.5 Å². The summed E-state index contributed by atoms with van der Waals surface area (Å²) in [7, 11) is 0. The molecule has 1 aliphatic carbocycles. The summed E-state index contributed by atoms with van der Waals surface area (Å²) < 4.78 is 3.92. The molecular weight excluding hydrogens is 334 g/mol. The Labute approximate surface area is 132 Å². The van der Waals surface area contributed by atoms with Gasteiger partial charge in [0, 0.05) is 17.2 Å². The molecule has 108 valence electrons. The minimum Gasteiger partial charge on any atom is -0.329 e. The van der Waals surface area contributed by atoms with E-state index in [1.807, 2.05) is 12.3 Å². The van der Waals surface area contributed by atoms with Gasteiger partial charge in [0.1, 0.15) is 0 Å². The zero-order valence-corrected chi connectivity index (χ0v) is 14.1. The lowest BCUT2D eigenvalue weighted by atomic mass is 9.81. The highest BCUT2D eigenvalue weighted by Gasteiger charge is 2.18. The standard InChI is InChI=1S/C15H20BrN3S/c1-10-2-4-11(5-3-10)6-7-19-14-13(18-15(19)20)8-12(16)9-17-14/h8-11H,2-7H2,1H3,(H,18,20). The predicted molar refractivity (Wildman–Crippen MR) is 88.4 cm³/mol. The number of nitrogens with one attached hydrogen (secondary N) is 1. The summed E-state index contributed by atoms with van der Waals surface area (Å²) in [4.78, 5) is 7.74. The molecule has 2 aromatic rings. The summed E-state index contributed by atoms with van der Waals surface area (Å²) in [6.45, 7) is 3.35. The van der Waals surface area contributed by atoms with Crippen LogP contribution in [0.25, 0.3) is 11.2 Å². The molecule has 1 aliphatic rings. The zero-order valence-electron chi connectivity index (χ0n) is 11.7. The summed E-state index contributed by atoms with van der Waals surface area (Å²) in [6, 6.07) is 2.04. The van der Waals surface area contributed by atoms with Crippen molar-refractivity contribution in [3.63, 3.8) is 0 Å². The molecule has 3 nitrogen and oxygen atoms in total. The average molecular weight is 354 g/mol. The van der Waals surface area contributed by atoms with E-state index < -0.39 is 0 Å². The van der Waals surface area contributed by atoms with Gasteiger partial charge >= 0.3 is 0 Å². The molecule has 0 bridgehead atoms. The lowest BCUT2D eigenvalue weighted by Crippen LogP contribution is -2.14. The summed E-state index contributed by atoms with van der Waals surface area (Å²) in [6.07, 6.45) is 8.56. The second kappa shape index (κ2) is 5.98. The second-order valence-corrected chi connectivity index (χ2v) is 7.32. The van der Waals surface area contributed by atoms with Gasteiger partial charge in [-0.05, 0) is 52.5 Å². The second-order valence-electron chi connectivity index (χ2n) is 6.02. The Kier molecular flexibility index (Phi) is 4.26. The van der Waals surface area contributed by atoms with Crippen molar-refractivity contribution in [3.8, 4) is 0 Å². The van der Waals surface area contributed by atoms with Crippen LogP contribution in [0.3, 0.4) is 0 Å². The Morgan fingerprint density at radius 3 is 2.90 bits per heavy atom. The van der Waals surface area contributed by atoms with Gasteiger partial charge in [0.2, 0.25) is 0 Å². The lowest BCUT2D eigenvalue weighted by Gasteiger charge is -2.26. The topological polar surface area (TPSA) is 33.6 Å². The van der Waals surface area contributed by atoms with E-state index in [0.717, 1.165) is 38.8 Å². The first-order valence-corrected chi connectivity index (χ1v) is 8.57. The third-order valence-corrected chi connectivity index (χ3v) is 5.23. The van der Waals surface area contributed by atoms with Crippen LogP contribution in [0, 0.1) is 16.6 Å². The molecule has 20 heavy (non-hydrogen) atoms. The fourth-order valence-corrected chi connectivity index (χ4v) is 3.77. The van der Waals surface area contributed by atoms with Crippen LogP contribution in [0.2, 0.25) is 0 Å². The van der Waals surface area contributed by atoms with Gasteiger partial charge in [0.15, 0.2) is 10.4 Å². The molecule has 1 fully saturated rings. The first-order chi connectivity index (χ1) is 9.63. The first-order valence-electron chi connectivity index (χ1n) is 7.37. The van der Waals surface area contributed by atoms with Gasteiger partial charge in [-0.3, -0.25) is 0 Å². The molecule has 2 heterocycles. The van der Waals surface area contributed by atoms with Crippen LogP contribution in [-0.2, 0) is 6.54 Å². The van der Waals surface area contributed by atoms with E-state index in [2.05, 4.69) is 37.4 Å². The van der Waals surface area contributed by atoms with Gasteiger partial charge in [0.05, 0.1) is 5.52 Å². The van der Waals surface area contributed by atoms with Crippen molar-refractivity contribution in [3.05, 3.63) is 21.5 Å². The number of aromatic nitrogens is 3. The maximum absolute atomic E-state index is 5.43. The minimum absolute atomic E-state index is 0.787. The van der Waals surface area contributed by atoms with Crippen molar-refractivity contribution >= 4 is 39.3 Å². The van der Waals surface area contributed by atoms with Gasteiger partial charge in [0.25, 0.3) is 0 Å².